The normalized spacial score (nSPS) is 11.5. The molecule has 0 aliphatic rings. The van der Waals surface area contributed by atoms with Gasteiger partial charge in [0.15, 0.2) is 0 Å². The Morgan fingerprint density at radius 2 is 1.88 bits per heavy atom. The largest absolute Gasteiger partial charge is 0.324 e. The van der Waals surface area contributed by atoms with Crippen molar-refractivity contribution in [2.75, 3.05) is 25.2 Å². The Bertz CT molecular complexity index is 854. The van der Waals surface area contributed by atoms with Gasteiger partial charge in [0.05, 0.1) is 16.3 Å². The molecule has 0 radical (unpaired) electrons. The van der Waals surface area contributed by atoms with Crippen molar-refractivity contribution < 1.29 is 13.2 Å². The van der Waals surface area contributed by atoms with Crippen LogP contribution in [-0.4, -0.2) is 38.5 Å². The van der Waals surface area contributed by atoms with E-state index in [9.17, 15) is 13.2 Å². The molecule has 0 fully saturated rings. The quantitative estimate of drug-likeness (QED) is 0.605. The summed E-state index contributed by atoms with van der Waals surface area (Å²) in [6, 6.07) is 14.4. The van der Waals surface area contributed by atoms with E-state index in [0.717, 1.165) is 14.8 Å². The first-order chi connectivity index (χ1) is 11.8. The highest BCUT2D eigenvalue weighted by Gasteiger charge is 2.17. The Kier molecular flexibility index (Phi) is 7.29. The van der Waals surface area contributed by atoms with Crippen LogP contribution in [0.4, 0.5) is 5.69 Å². The second-order valence-corrected chi connectivity index (χ2v) is 9.76. The molecule has 0 unspecified atom stereocenters. The predicted molar refractivity (Wildman–Crippen MR) is 111 cm³/mol. The van der Waals surface area contributed by atoms with Gasteiger partial charge in [-0.3, -0.25) is 4.79 Å². The van der Waals surface area contributed by atoms with Crippen LogP contribution in [0.3, 0.4) is 0 Å². The lowest BCUT2D eigenvalue weighted by Crippen LogP contribution is -2.22. The molecule has 0 aliphatic heterocycles. The SMILES string of the molecule is CN(C)S(=O)(=O)c1cccc(CSCC(=O)Nc2ccccc2I)c1. The van der Waals surface area contributed by atoms with Crippen molar-refractivity contribution in [3.05, 3.63) is 57.7 Å². The molecular weight excluding hydrogens is 471 g/mol. The molecule has 0 saturated carbocycles. The molecule has 8 heteroatoms. The molecule has 134 valence electrons. The van der Waals surface area contributed by atoms with E-state index in [1.54, 1.807) is 18.2 Å². The maximum absolute atomic E-state index is 12.2. The molecule has 2 rings (SSSR count). The number of thioether (sulfide) groups is 1. The third-order valence-electron chi connectivity index (χ3n) is 3.33. The van der Waals surface area contributed by atoms with Crippen LogP contribution < -0.4 is 5.32 Å². The number of carbonyl (C=O) groups excluding carboxylic acids is 1. The lowest BCUT2D eigenvalue weighted by atomic mass is 10.2. The van der Waals surface area contributed by atoms with E-state index < -0.39 is 10.0 Å². The number of hydrogen-bond donors (Lipinski definition) is 1. The van der Waals surface area contributed by atoms with Crippen molar-refractivity contribution in [2.45, 2.75) is 10.6 Å². The standard InChI is InChI=1S/C17H19IN2O3S2/c1-20(2)25(22,23)14-7-5-6-13(10-14)11-24-12-17(21)19-16-9-4-3-8-15(16)18/h3-10H,11-12H2,1-2H3,(H,19,21). The number of amides is 1. The van der Waals surface area contributed by atoms with E-state index in [1.807, 2.05) is 30.3 Å². The third kappa shape index (κ3) is 5.70. The van der Waals surface area contributed by atoms with Crippen LogP contribution in [0.15, 0.2) is 53.4 Å². The second-order valence-electron chi connectivity index (χ2n) is 5.46. The van der Waals surface area contributed by atoms with Gasteiger partial charge in [-0.1, -0.05) is 24.3 Å². The fourth-order valence-corrected chi connectivity index (χ4v) is 4.29. The summed E-state index contributed by atoms with van der Waals surface area (Å²) >= 11 is 3.62. The summed E-state index contributed by atoms with van der Waals surface area (Å²) < 4.78 is 26.5. The number of hydrogen-bond acceptors (Lipinski definition) is 4. The Hall–Kier alpha value is -1.10. The maximum Gasteiger partial charge on any atom is 0.242 e. The Morgan fingerprint density at radius 1 is 1.16 bits per heavy atom. The van der Waals surface area contributed by atoms with Gasteiger partial charge in [-0.15, -0.1) is 11.8 Å². The highest BCUT2D eigenvalue weighted by molar-refractivity contribution is 14.1. The van der Waals surface area contributed by atoms with Gasteiger partial charge < -0.3 is 5.32 Å². The first-order valence-corrected chi connectivity index (χ1v) is 11.1. The summed E-state index contributed by atoms with van der Waals surface area (Å²) in [6.45, 7) is 0. The van der Waals surface area contributed by atoms with Crippen LogP contribution in [-0.2, 0) is 20.6 Å². The first-order valence-electron chi connectivity index (χ1n) is 7.44. The summed E-state index contributed by atoms with van der Waals surface area (Å²) in [5, 5.41) is 2.88. The van der Waals surface area contributed by atoms with Gasteiger partial charge in [-0.05, 0) is 52.4 Å². The molecule has 1 N–H and O–H groups in total. The van der Waals surface area contributed by atoms with Crippen LogP contribution in [0, 0.1) is 3.57 Å². The molecule has 1 amide bonds. The maximum atomic E-state index is 12.2. The number of para-hydroxylation sites is 1. The fourth-order valence-electron chi connectivity index (χ4n) is 2.02. The number of sulfonamides is 1. The van der Waals surface area contributed by atoms with E-state index in [1.165, 1.54) is 30.2 Å². The molecule has 0 atom stereocenters. The smallest absolute Gasteiger partial charge is 0.242 e. The van der Waals surface area contributed by atoms with Gasteiger partial charge in [0, 0.05) is 23.4 Å². The van der Waals surface area contributed by atoms with Crippen molar-refractivity contribution in [2.24, 2.45) is 0 Å². The van der Waals surface area contributed by atoms with E-state index >= 15 is 0 Å². The van der Waals surface area contributed by atoms with Crippen molar-refractivity contribution in [1.82, 2.24) is 4.31 Å². The molecule has 0 spiro atoms. The number of nitrogens with zero attached hydrogens (tertiary/aromatic N) is 1. The zero-order valence-electron chi connectivity index (χ0n) is 13.9. The average molecular weight is 490 g/mol. The number of halogens is 1. The minimum Gasteiger partial charge on any atom is -0.324 e. The van der Waals surface area contributed by atoms with Crippen molar-refractivity contribution in [3.63, 3.8) is 0 Å². The van der Waals surface area contributed by atoms with Crippen molar-refractivity contribution in [3.8, 4) is 0 Å². The van der Waals surface area contributed by atoms with E-state index in [-0.39, 0.29) is 10.8 Å². The summed E-state index contributed by atoms with van der Waals surface area (Å²) in [5.41, 5.74) is 1.67. The number of nitrogens with one attached hydrogen (secondary N) is 1. The Labute approximate surface area is 166 Å². The van der Waals surface area contributed by atoms with Gasteiger partial charge >= 0.3 is 0 Å². The molecule has 2 aromatic rings. The van der Waals surface area contributed by atoms with Crippen LogP contribution in [0.2, 0.25) is 0 Å². The highest BCUT2D eigenvalue weighted by Crippen LogP contribution is 2.20. The topological polar surface area (TPSA) is 66.5 Å². The molecule has 0 saturated heterocycles. The number of rotatable bonds is 7. The average Bonchev–Trinajstić information content (AvgIpc) is 2.57. The minimum absolute atomic E-state index is 0.0776. The van der Waals surface area contributed by atoms with Gasteiger partial charge in [0.1, 0.15) is 0 Å². The van der Waals surface area contributed by atoms with Crippen LogP contribution in [0.5, 0.6) is 0 Å². The lowest BCUT2D eigenvalue weighted by Gasteiger charge is -2.12. The minimum atomic E-state index is -3.44. The van der Waals surface area contributed by atoms with E-state index in [0.29, 0.717) is 11.5 Å². The second kappa shape index (κ2) is 9.02. The summed E-state index contributed by atoms with van der Waals surface area (Å²) in [5.74, 6) is 0.789. The summed E-state index contributed by atoms with van der Waals surface area (Å²) in [7, 11) is -0.430. The number of benzene rings is 2. The predicted octanol–water partition coefficient (Wildman–Crippen LogP) is 3.41. The number of anilines is 1. The molecule has 0 bridgehead atoms. The lowest BCUT2D eigenvalue weighted by molar-refractivity contribution is -0.113. The summed E-state index contributed by atoms with van der Waals surface area (Å²) in [4.78, 5) is 12.3. The molecular formula is C17H19IN2O3S2. The third-order valence-corrected chi connectivity index (χ3v) is 7.08. The van der Waals surface area contributed by atoms with Crippen LogP contribution in [0.1, 0.15) is 5.56 Å². The van der Waals surface area contributed by atoms with Crippen molar-refractivity contribution >= 4 is 56.0 Å². The molecule has 0 aliphatic carbocycles. The fraction of sp³-hybridized carbons (Fsp3) is 0.235. The highest BCUT2D eigenvalue weighted by atomic mass is 127. The molecule has 0 aromatic heterocycles. The Morgan fingerprint density at radius 3 is 2.56 bits per heavy atom. The monoisotopic (exact) mass is 490 g/mol. The van der Waals surface area contributed by atoms with Crippen LogP contribution >= 0.6 is 34.4 Å². The molecule has 2 aromatic carbocycles. The Balaban J connectivity index is 1.92. The molecule has 5 nitrogen and oxygen atoms in total. The van der Waals surface area contributed by atoms with Crippen LogP contribution in [0.25, 0.3) is 0 Å². The van der Waals surface area contributed by atoms with E-state index in [4.69, 9.17) is 0 Å². The molecule has 25 heavy (non-hydrogen) atoms. The summed E-state index contributed by atoms with van der Waals surface area (Å²) in [6.07, 6.45) is 0. The van der Waals surface area contributed by atoms with Gasteiger partial charge in [-0.2, -0.15) is 0 Å². The van der Waals surface area contributed by atoms with Gasteiger partial charge in [0.25, 0.3) is 0 Å². The molecule has 0 heterocycles. The van der Waals surface area contributed by atoms with Gasteiger partial charge in [0.2, 0.25) is 15.9 Å². The van der Waals surface area contributed by atoms with E-state index in [2.05, 4.69) is 27.9 Å². The zero-order chi connectivity index (χ0) is 18.4. The first kappa shape index (κ1) is 20.2. The zero-order valence-corrected chi connectivity index (χ0v) is 17.7. The van der Waals surface area contributed by atoms with Crippen molar-refractivity contribution in [1.29, 1.82) is 0 Å². The van der Waals surface area contributed by atoms with Gasteiger partial charge in [-0.25, -0.2) is 12.7 Å². The number of carbonyl (C=O) groups is 1.